The van der Waals surface area contributed by atoms with Crippen molar-refractivity contribution in [2.75, 3.05) is 26.3 Å². The van der Waals surface area contributed by atoms with Gasteiger partial charge in [-0.25, -0.2) is 4.79 Å². The van der Waals surface area contributed by atoms with Gasteiger partial charge in [-0.15, -0.1) is 0 Å². The van der Waals surface area contributed by atoms with Crippen LogP contribution in [0, 0.1) is 11.8 Å². The number of hydrogen-bond donors (Lipinski definition) is 3. The molecule has 1 heterocycles. The Kier molecular flexibility index (Phi) is 6.29. The lowest BCUT2D eigenvalue weighted by Gasteiger charge is -2.25. The van der Waals surface area contributed by atoms with Gasteiger partial charge < -0.3 is 20.5 Å². The van der Waals surface area contributed by atoms with Crippen molar-refractivity contribution in [1.82, 2.24) is 10.6 Å². The van der Waals surface area contributed by atoms with Gasteiger partial charge in [0.25, 0.3) is 0 Å². The van der Waals surface area contributed by atoms with Crippen LogP contribution in [0.25, 0.3) is 0 Å². The molecule has 0 aromatic carbocycles. The normalized spacial score (nSPS) is 19.2. The van der Waals surface area contributed by atoms with E-state index in [-0.39, 0.29) is 12.0 Å². The van der Waals surface area contributed by atoms with Crippen molar-refractivity contribution in [2.45, 2.75) is 32.7 Å². The number of rotatable bonds is 6. The summed E-state index contributed by atoms with van der Waals surface area (Å²) in [5.74, 6) is 0.869. The fourth-order valence-electron chi connectivity index (χ4n) is 1.97. The fourth-order valence-corrected chi connectivity index (χ4v) is 1.97. The van der Waals surface area contributed by atoms with Crippen molar-refractivity contribution < 1.29 is 14.6 Å². The number of amides is 1. The molecule has 5 nitrogen and oxygen atoms in total. The molecule has 0 bridgehead atoms. The van der Waals surface area contributed by atoms with E-state index in [0.29, 0.717) is 12.5 Å². The van der Waals surface area contributed by atoms with Crippen molar-refractivity contribution in [3.8, 4) is 0 Å². The first-order chi connectivity index (χ1) is 8.09. The molecule has 1 aliphatic heterocycles. The Labute approximate surface area is 103 Å². The average molecular weight is 244 g/mol. The van der Waals surface area contributed by atoms with Gasteiger partial charge in [0.1, 0.15) is 0 Å². The number of hydrogen-bond acceptors (Lipinski definition) is 3. The zero-order valence-electron chi connectivity index (χ0n) is 10.7. The van der Waals surface area contributed by atoms with Crippen molar-refractivity contribution in [1.29, 1.82) is 0 Å². The molecule has 0 aliphatic carbocycles. The molecule has 1 amide bonds. The van der Waals surface area contributed by atoms with Crippen LogP contribution in [0.15, 0.2) is 0 Å². The minimum atomic E-state index is -0.978. The zero-order valence-corrected chi connectivity index (χ0v) is 10.7. The van der Waals surface area contributed by atoms with Gasteiger partial charge in [0.15, 0.2) is 0 Å². The summed E-state index contributed by atoms with van der Waals surface area (Å²) in [5.41, 5.74) is 0. The summed E-state index contributed by atoms with van der Waals surface area (Å²) in [6.45, 7) is 7.33. The molecule has 0 aromatic heterocycles. The number of nitrogens with one attached hydrogen (secondary N) is 2. The Balaban J connectivity index is 2.19. The highest BCUT2D eigenvalue weighted by atomic mass is 16.5. The van der Waals surface area contributed by atoms with Crippen LogP contribution in [-0.2, 0) is 4.74 Å². The third-order valence-electron chi connectivity index (χ3n) is 3.22. The van der Waals surface area contributed by atoms with Crippen LogP contribution in [0.4, 0.5) is 4.79 Å². The average Bonchev–Trinajstić information content (AvgIpc) is 2.28. The molecule has 0 aromatic rings. The van der Waals surface area contributed by atoms with Crippen molar-refractivity contribution in [3.63, 3.8) is 0 Å². The predicted octanol–water partition coefficient (Wildman–Crippen LogP) is 1.29. The molecule has 5 heteroatoms. The molecular weight excluding hydrogens is 220 g/mol. The largest absolute Gasteiger partial charge is 0.465 e. The molecule has 0 radical (unpaired) electrons. The SMILES string of the molecule is CC(C)C(COCC1CCNCC1)NC(=O)O. The van der Waals surface area contributed by atoms with E-state index in [1.807, 2.05) is 13.8 Å². The van der Waals surface area contributed by atoms with Crippen LogP contribution >= 0.6 is 0 Å². The number of piperidine rings is 1. The van der Waals surface area contributed by atoms with E-state index in [0.717, 1.165) is 32.5 Å². The van der Waals surface area contributed by atoms with Crippen LogP contribution < -0.4 is 10.6 Å². The molecule has 0 spiro atoms. The highest BCUT2D eigenvalue weighted by Crippen LogP contribution is 2.12. The van der Waals surface area contributed by atoms with Crippen LogP contribution in [0.2, 0.25) is 0 Å². The van der Waals surface area contributed by atoms with Crippen LogP contribution in [0.1, 0.15) is 26.7 Å². The van der Waals surface area contributed by atoms with Crippen LogP contribution in [-0.4, -0.2) is 43.5 Å². The van der Waals surface area contributed by atoms with E-state index in [1.54, 1.807) is 0 Å². The minimum Gasteiger partial charge on any atom is -0.465 e. The standard InChI is InChI=1S/C12H24N2O3/c1-9(2)11(14-12(15)16)8-17-7-10-3-5-13-6-4-10/h9-11,13-14H,3-8H2,1-2H3,(H,15,16). The van der Waals surface area contributed by atoms with E-state index in [1.165, 1.54) is 0 Å². The summed E-state index contributed by atoms with van der Waals surface area (Å²) in [7, 11) is 0. The summed E-state index contributed by atoms with van der Waals surface area (Å²) in [4.78, 5) is 10.6. The Morgan fingerprint density at radius 2 is 2.12 bits per heavy atom. The smallest absolute Gasteiger partial charge is 0.404 e. The van der Waals surface area contributed by atoms with E-state index in [4.69, 9.17) is 9.84 Å². The summed E-state index contributed by atoms with van der Waals surface area (Å²) < 4.78 is 5.64. The van der Waals surface area contributed by atoms with Gasteiger partial charge in [-0.05, 0) is 37.8 Å². The molecule has 1 fully saturated rings. The highest BCUT2D eigenvalue weighted by molar-refractivity contribution is 5.64. The molecule has 1 saturated heterocycles. The number of carbonyl (C=O) groups is 1. The summed E-state index contributed by atoms with van der Waals surface area (Å²) in [6.07, 6.45) is 1.33. The molecule has 1 aliphatic rings. The van der Waals surface area contributed by atoms with E-state index < -0.39 is 6.09 Å². The molecule has 3 N–H and O–H groups in total. The first-order valence-electron chi connectivity index (χ1n) is 6.37. The number of carboxylic acid groups (broad SMARTS) is 1. The Morgan fingerprint density at radius 1 is 1.47 bits per heavy atom. The van der Waals surface area contributed by atoms with E-state index in [2.05, 4.69) is 10.6 Å². The highest BCUT2D eigenvalue weighted by Gasteiger charge is 2.18. The first kappa shape index (κ1) is 14.3. The summed E-state index contributed by atoms with van der Waals surface area (Å²) in [5, 5.41) is 14.5. The van der Waals surface area contributed by atoms with Gasteiger partial charge in [-0.3, -0.25) is 0 Å². The van der Waals surface area contributed by atoms with Gasteiger partial charge >= 0.3 is 6.09 Å². The third-order valence-corrected chi connectivity index (χ3v) is 3.22. The topological polar surface area (TPSA) is 70.6 Å². The van der Waals surface area contributed by atoms with E-state index in [9.17, 15) is 4.79 Å². The molecule has 1 atom stereocenters. The molecule has 0 saturated carbocycles. The zero-order chi connectivity index (χ0) is 12.7. The van der Waals surface area contributed by atoms with Gasteiger partial charge in [0, 0.05) is 6.61 Å². The van der Waals surface area contributed by atoms with Crippen molar-refractivity contribution in [2.24, 2.45) is 11.8 Å². The number of ether oxygens (including phenoxy) is 1. The maximum Gasteiger partial charge on any atom is 0.404 e. The Morgan fingerprint density at radius 3 is 2.65 bits per heavy atom. The van der Waals surface area contributed by atoms with Crippen molar-refractivity contribution >= 4 is 6.09 Å². The second kappa shape index (κ2) is 7.50. The molecule has 1 unspecified atom stereocenters. The lowest BCUT2D eigenvalue weighted by molar-refractivity contribution is 0.0621. The molecular formula is C12H24N2O3. The fraction of sp³-hybridized carbons (Fsp3) is 0.917. The summed E-state index contributed by atoms with van der Waals surface area (Å²) >= 11 is 0. The van der Waals surface area contributed by atoms with Crippen molar-refractivity contribution in [3.05, 3.63) is 0 Å². The van der Waals surface area contributed by atoms with Gasteiger partial charge in [-0.1, -0.05) is 13.8 Å². The first-order valence-corrected chi connectivity index (χ1v) is 6.37. The van der Waals surface area contributed by atoms with Gasteiger partial charge in [0.2, 0.25) is 0 Å². The molecule has 17 heavy (non-hydrogen) atoms. The van der Waals surface area contributed by atoms with Gasteiger partial charge in [-0.2, -0.15) is 0 Å². The quantitative estimate of drug-likeness (QED) is 0.658. The molecule has 100 valence electrons. The lowest BCUT2D eigenvalue weighted by Crippen LogP contribution is -2.41. The second-order valence-electron chi connectivity index (χ2n) is 5.03. The van der Waals surface area contributed by atoms with E-state index >= 15 is 0 Å². The molecule has 1 rings (SSSR count). The minimum absolute atomic E-state index is 0.116. The Bertz CT molecular complexity index is 228. The second-order valence-corrected chi connectivity index (χ2v) is 5.03. The lowest BCUT2D eigenvalue weighted by atomic mass is 9.99. The monoisotopic (exact) mass is 244 g/mol. The van der Waals surface area contributed by atoms with Crippen LogP contribution in [0.5, 0.6) is 0 Å². The maximum absolute atomic E-state index is 10.6. The van der Waals surface area contributed by atoms with Gasteiger partial charge in [0.05, 0.1) is 12.6 Å². The predicted molar refractivity (Wildman–Crippen MR) is 66.2 cm³/mol. The summed E-state index contributed by atoms with van der Waals surface area (Å²) in [6, 6.07) is -0.116. The van der Waals surface area contributed by atoms with Crippen LogP contribution in [0.3, 0.4) is 0 Å². The maximum atomic E-state index is 10.6. The Hall–Kier alpha value is -0.810. The third kappa shape index (κ3) is 5.89.